The highest BCUT2D eigenvalue weighted by Gasteiger charge is 2.11. The number of carbonyl (C=O) groups is 1. The van der Waals surface area contributed by atoms with E-state index in [0.29, 0.717) is 17.2 Å². The average Bonchev–Trinajstić information content (AvgIpc) is 2.48. The lowest BCUT2D eigenvalue weighted by molar-refractivity contribution is -0.0970. The van der Waals surface area contributed by atoms with Crippen molar-refractivity contribution in [1.29, 1.82) is 0 Å². The molecule has 7 nitrogen and oxygen atoms in total. The normalized spacial score (nSPS) is 10.2. The van der Waals surface area contributed by atoms with Crippen LogP contribution in [0.25, 0.3) is 0 Å². The monoisotopic (exact) mass is 284 g/mol. The zero-order valence-electron chi connectivity index (χ0n) is 12.1. The largest absolute Gasteiger partial charge is 0.497 e. The van der Waals surface area contributed by atoms with E-state index in [2.05, 4.69) is 10.6 Å². The first-order valence-corrected chi connectivity index (χ1v) is 5.97. The molecule has 1 rings (SSSR count). The van der Waals surface area contributed by atoms with Gasteiger partial charge in [0.1, 0.15) is 11.5 Å². The molecule has 112 valence electrons. The lowest BCUT2D eigenvalue weighted by Gasteiger charge is -2.15. The van der Waals surface area contributed by atoms with E-state index in [0.717, 1.165) is 0 Å². The molecule has 0 spiro atoms. The van der Waals surface area contributed by atoms with Crippen LogP contribution in [-0.4, -0.2) is 47.3 Å². The van der Waals surface area contributed by atoms with Crippen molar-refractivity contribution in [2.24, 2.45) is 0 Å². The first-order chi connectivity index (χ1) is 9.64. The molecule has 0 bridgehead atoms. The number of carbonyl (C=O) groups excluding carboxylic acids is 1. The van der Waals surface area contributed by atoms with E-state index in [-0.39, 0.29) is 12.6 Å². The van der Waals surface area contributed by atoms with Crippen molar-refractivity contribution in [3.05, 3.63) is 18.2 Å². The number of anilines is 1. The number of methoxy groups -OCH3 is 4. The predicted molar refractivity (Wildman–Crippen MR) is 74.4 cm³/mol. The van der Waals surface area contributed by atoms with Gasteiger partial charge in [0.05, 0.1) is 26.5 Å². The minimum atomic E-state index is -0.487. The number of rotatable bonds is 7. The molecule has 1 aromatic rings. The fourth-order valence-electron chi connectivity index (χ4n) is 1.51. The first-order valence-electron chi connectivity index (χ1n) is 5.97. The highest BCUT2D eigenvalue weighted by molar-refractivity contribution is 5.91. The first kappa shape index (κ1) is 16.1. The van der Waals surface area contributed by atoms with Crippen LogP contribution in [0.3, 0.4) is 0 Å². The molecule has 0 aliphatic carbocycles. The van der Waals surface area contributed by atoms with Gasteiger partial charge in [-0.2, -0.15) is 0 Å². The highest BCUT2D eigenvalue weighted by Crippen LogP contribution is 2.28. The summed E-state index contributed by atoms with van der Waals surface area (Å²) in [6, 6.07) is 4.72. The topological polar surface area (TPSA) is 78.1 Å². The predicted octanol–water partition coefficient (Wildman–Crippen LogP) is 1.44. The zero-order valence-corrected chi connectivity index (χ0v) is 12.1. The van der Waals surface area contributed by atoms with Crippen molar-refractivity contribution in [3.63, 3.8) is 0 Å². The van der Waals surface area contributed by atoms with Crippen molar-refractivity contribution in [2.75, 3.05) is 40.3 Å². The van der Waals surface area contributed by atoms with Gasteiger partial charge >= 0.3 is 6.03 Å². The Morgan fingerprint density at radius 2 is 1.85 bits per heavy atom. The lowest BCUT2D eigenvalue weighted by atomic mass is 10.2. The molecule has 0 aliphatic rings. The Morgan fingerprint density at radius 1 is 1.15 bits per heavy atom. The molecule has 0 atom stereocenters. The summed E-state index contributed by atoms with van der Waals surface area (Å²) < 4.78 is 20.2. The molecule has 0 saturated heterocycles. The molecular formula is C13H20N2O5. The van der Waals surface area contributed by atoms with Crippen LogP contribution in [0.5, 0.6) is 11.5 Å². The fourth-order valence-corrected chi connectivity index (χ4v) is 1.51. The van der Waals surface area contributed by atoms with Crippen LogP contribution >= 0.6 is 0 Å². The standard InChI is InChI=1S/C13H20N2O5/c1-17-9-5-6-10(11(7-9)18-2)15-13(16)14-8-12(19-3)20-4/h5-7,12H,8H2,1-4H3,(H2,14,15,16). The number of ether oxygens (including phenoxy) is 4. The molecule has 0 unspecified atom stereocenters. The van der Waals surface area contributed by atoms with E-state index < -0.39 is 6.29 Å². The van der Waals surface area contributed by atoms with Crippen molar-refractivity contribution in [2.45, 2.75) is 6.29 Å². The molecule has 0 saturated carbocycles. The van der Waals surface area contributed by atoms with Gasteiger partial charge < -0.3 is 29.6 Å². The molecule has 20 heavy (non-hydrogen) atoms. The Labute approximate surface area is 118 Å². The van der Waals surface area contributed by atoms with Gasteiger partial charge in [0, 0.05) is 20.3 Å². The number of urea groups is 1. The molecular weight excluding hydrogens is 264 g/mol. The van der Waals surface area contributed by atoms with Gasteiger partial charge in [0.2, 0.25) is 0 Å². The van der Waals surface area contributed by atoms with E-state index in [4.69, 9.17) is 18.9 Å². The van der Waals surface area contributed by atoms with Crippen LogP contribution in [0.15, 0.2) is 18.2 Å². The number of hydrogen-bond acceptors (Lipinski definition) is 5. The van der Waals surface area contributed by atoms with Crippen LogP contribution < -0.4 is 20.1 Å². The second-order valence-electron chi connectivity index (χ2n) is 3.80. The molecule has 0 aromatic heterocycles. The summed E-state index contributed by atoms with van der Waals surface area (Å²) in [5.74, 6) is 1.15. The Morgan fingerprint density at radius 3 is 2.40 bits per heavy atom. The third kappa shape index (κ3) is 4.60. The summed E-state index contributed by atoms with van der Waals surface area (Å²) in [5.41, 5.74) is 0.539. The van der Waals surface area contributed by atoms with Gasteiger partial charge in [0.25, 0.3) is 0 Å². The summed E-state index contributed by atoms with van der Waals surface area (Å²) in [7, 11) is 6.08. The molecule has 1 aromatic carbocycles. The van der Waals surface area contributed by atoms with E-state index in [1.807, 2.05) is 0 Å². The molecule has 0 heterocycles. The number of hydrogen-bond donors (Lipinski definition) is 2. The lowest BCUT2D eigenvalue weighted by Crippen LogP contribution is -2.36. The number of benzene rings is 1. The third-order valence-electron chi connectivity index (χ3n) is 2.61. The van der Waals surface area contributed by atoms with Crippen LogP contribution in [-0.2, 0) is 9.47 Å². The molecule has 2 amide bonds. The number of amides is 2. The average molecular weight is 284 g/mol. The van der Waals surface area contributed by atoms with Gasteiger partial charge in [-0.25, -0.2) is 4.79 Å². The van der Waals surface area contributed by atoms with E-state index >= 15 is 0 Å². The van der Waals surface area contributed by atoms with Crippen LogP contribution in [0.4, 0.5) is 10.5 Å². The van der Waals surface area contributed by atoms with Gasteiger partial charge in [-0.3, -0.25) is 0 Å². The van der Waals surface area contributed by atoms with Crippen molar-refractivity contribution in [1.82, 2.24) is 5.32 Å². The molecule has 0 aliphatic heterocycles. The second kappa shape index (κ2) is 8.23. The number of nitrogens with one attached hydrogen (secondary N) is 2. The molecule has 0 fully saturated rings. The van der Waals surface area contributed by atoms with Gasteiger partial charge in [-0.15, -0.1) is 0 Å². The van der Waals surface area contributed by atoms with E-state index in [9.17, 15) is 4.79 Å². The molecule has 2 N–H and O–H groups in total. The van der Waals surface area contributed by atoms with E-state index in [1.54, 1.807) is 25.3 Å². The van der Waals surface area contributed by atoms with E-state index in [1.165, 1.54) is 21.3 Å². The van der Waals surface area contributed by atoms with Crippen LogP contribution in [0.1, 0.15) is 0 Å². The zero-order chi connectivity index (χ0) is 15.0. The summed E-state index contributed by atoms with van der Waals surface area (Å²) in [6.45, 7) is 0.233. The minimum Gasteiger partial charge on any atom is -0.497 e. The SMILES string of the molecule is COc1ccc(NC(=O)NCC(OC)OC)c(OC)c1. The highest BCUT2D eigenvalue weighted by atomic mass is 16.7. The van der Waals surface area contributed by atoms with Crippen molar-refractivity contribution >= 4 is 11.7 Å². The Bertz CT molecular complexity index is 435. The minimum absolute atomic E-state index is 0.233. The van der Waals surface area contributed by atoms with Gasteiger partial charge in [-0.05, 0) is 12.1 Å². The maximum atomic E-state index is 11.8. The Hall–Kier alpha value is -1.99. The summed E-state index contributed by atoms with van der Waals surface area (Å²) >= 11 is 0. The maximum Gasteiger partial charge on any atom is 0.319 e. The van der Waals surface area contributed by atoms with Gasteiger partial charge in [0.15, 0.2) is 6.29 Å². The van der Waals surface area contributed by atoms with Crippen molar-refractivity contribution in [3.8, 4) is 11.5 Å². The second-order valence-corrected chi connectivity index (χ2v) is 3.80. The summed E-state index contributed by atoms with van der Waals surface area (Å²) in [6.07, 6.45) is -0.487. The maximum absolute atomic E-state index is 11.8. The quantitative estimate of drug-likeness (QED) is 0.741. The fraction of sp³-hybridized carbons (Fsp3) is 0.462. The van der Waals surface area contributed by atoms with Crippen molar-refractivity contribution < 1.29 is 23.7 Å². The smallest absolute Gasteiger partial charge is 0.319 e. The third-order valence-corrected chi connectivity index (χ3v) is 2.61. The molecule has 0 radical (unpaired) electrons. The van der Waals surface area contributed by atoms with Crippen LogP contribution in [0.2, 0.25) is 0 Å². The summed E-state index contributed by atoms with van der Waals surface area (Å²) in [4.78, 5) is 11.8. The van der Waals surface area contributed by atoms with Crippen LogP contribution in [0, 0.1) is 0 Å². The molecule has 7 heteroatoms. The Balaban J connectivity index is 2.61. The Kier molecular flexibility index (Phi) is 6.61. The summed E-state index contributed by atoms with van der Waals surface area (Å²) in [5, 5.41) is 5.30. The van der Waals surface area contributed by atoms with Gasteiger partial charge in [-0.1, -0.05) is 0 Å².